The summed E-state index contributed by atoms with van der Waals surface area (Å²) < 4.78 is 7.58. The molecule has 1 amide bonds. The number of hydrogen-bond donors (Lipinski definition) is 2. The summed E-state index contributed by atoms with van der Waals surface area (Å²) in [4.78, 5) is 15.9. The molecule has 2 atom stereocenters. The van der Waals surface area contributed by atoms with Crippen LogP contribution in [0.2, 0.25) is 0 Å². The molecule has 1 aliphatic heterocycles. The molecule has 2 N–H and O–H groups in total. The van der Waals surface area contributed by atoms with Gasteiger partial charge in [0.15, 0.2) is 0 Å². The first-order chi connectivity index (χ1) is 15.7. The average Bonchev–Trinajstić information content (AvgIpc) is 3.75. The fourth-order valence-electron chi connectivity index (χ4n) is 5.15. The van der Waals surface area contributed by atoms with Gasteiger partial charge in [0.05, 0.1) is 5.92 Å². The molecule has 32 heavy (non-hydrogen) atoms. The van der Waals surface area contributed by atoms with Gasteiger partial charge in [-0.05, 0) is 62.6 Å². The van der Waals surface area contributed by atoms with E-state index in [1.165, 1.54) is 29.3 Å². The van der Waals surface area contributed by atoms with Gasteiger partial charge in [0.25, 0.3) is 0 Å². The first kappa shape index (κ1) is 21.9. The molecule has 0 unspecified atom stereocenters. The van der Waals surface area contributed by atoms with Crippen LogP contribution >= 0.6 is 0 Å². The Morgan fingerprint density at radius 3 is 2.84 bits per heavy atom. The highest BCUT2D eigenvalue weighted by Gasteiger charge is 2.38. The lowest BCUT2D eigenvalue weighted by atomic mass is 9.94. The Morgan fingerprint density at radius 1 is 1.22 bits per heavy atom. The second kappa shape index (κ2) is 9.94. The van der Waals surface area contributed by atoms with E-state index in [1.807, 2.05) is 0 Å². The highest BCUT2D eigenvalue weighted by atomic mass is 16.5. The quantitative estimate of drug-likeness (QED) is 0.529. The van der Waals surface area contributed by atoms with Crippen LogP contribution in [0.5, 0.6) is 0 Å². The summed E-state index contributed by atoms with van der Waals surface area (Å²) in [6.45, 7) is 5.32. The number of para-hydroxylation sites is 1. The summed E-state index contributed by atoms with van der Waals surface area (Å²) in [6, 6.07) is 9.43. The third kappa shape index (κ3) is 5.19. The summed E-state index contributed by atoms with van der Waals surface area (Å²) in [5, 5.41) is 8.50. The number of nitrogens with zero attached hydrogens (tertiary/aromatic N) is 2. The maximum absolute atomic E-state index is 13.7. The van der Waals surface area contributed by atoms with Crippen molar-refractivity contribution in [2.45, 2.75) is 63.7 Å². The zero-order chi connectivity index (χ0) is 21.9. The van der Waals surface area contributed by atoms with Gasteiger partial charge in [-0.15, -0.1) is 0 Å². The topological polar surface area (TPSA) is 58.5 Å². The van der Waals surface area contributed by atoms with Gasteiger partial charge in [-0.2, -0.15) is 0 Å². The van der Waals surface area contributed by atoms with E-state index in [-0.39, 0.29) is 5.92 Å². The maximum Gasteiger partial charge on any atom is 0.227 e. The Labute approximate surface area is 191 Å². The van der Waals surface area contributed by atoms with Crippen molar-refractivity contribution in [2.75, 3.05) is 33.4 Å². The number of nitrogens with one attached hydrogen (secondary N) is 2. The fourth-order valence-corrected chi connectivity index (χ4v) is 5.15. The van der Waals surface area contributed by atoms with Crippen LogP contribution in [0.3, 0.4) is 0 Å². The Morgan fingerprint density at radius 2 is 2.06 bits per heavy atom. The number of methoxy groups -OCH3 is 1. The number of carbonyl (C=O) groups is 1. The number of carbonyl (C=O) groups excluding carboxylic acids is 1. The first-order valence-electron chi connectivity index (χ1n) is 12.5. The summed E-state index contributed by atoms with van der Waals surface area (Å²) in [5.41, 5.74) is 2.52. The summed E-state index contributed by atoms with van der Waals surface area (Å²) >= 11 is 0. The van der Waals surface area contributed by atoms with Crippen LogP contribution in [-0.2, 0) is 22.6 Å². The molecule has 6 heteroatoms. The Bertz CT molecular complexity index is 918. The van der Waals surface area contributed by atoms with Gasteiger partial charge in [-0.25, -0.2) is 0 Å². The molecule has 0 spiro atoms. The van der Waals surface area contributed by atoms with Crippen molar-refractivity contribution in [3.8, 4) is 0 Å². The molecule has 174 valence electrons. The number of amides is 1. The van der Waals surface area contributed by atoms with Crippen molar-refractivity contribution in [2.24, 2.45) is 11.8 Å². The van der Waals surface area contributed by atoms with E-state index >= 15 is 0 Å². The van der Waals surface area contributed by atoms with Crippen molar-refractivity contribution in [3.63, 3.8) is 0 Å². The Kier molecular flexibility index (Phi) is 6.81. The minimum absolute atomic E-state index is 0.0797. The number of hydrogen-bond acceptors (Lipinski definition) is 4. The number of aryl methyl sites for hydroxylation is 1. The molecule has 2 aliphatic carbocycles. The number of fused-ring (bicyclic) bond motifs is 1. The number of ether oxygens (including phenoxy) is 1. The van der Waals surface area contributed by atoms with Gasteiger partial charge < -0.3 is 24.8 Å². The van der Waals surface area contributed by atoms with Gasteiger partial charge in [0, 0.05) is 69.1 Å². The lowest BCUT2D eigenvalue weighted by Crippen LogP contribution is -2.52. The van der Waals surface area contributed by atoms with Crippen molar-refractivity contribution in [1.82, 2.24) is 20.1 Å². The van der Waals surface area contributed by atoms with E-state index in [9.17, 15) is 4.79 Å². The van der Waals surface area contributed by atoms with Gasteiger partial charge in [0.2, 0.25) is 5.91 Å². The van der Waals surface area contributed by atoms with E-state index < -0.39 is 0 Å². The minimum atomic E-state index is 0.0797. The molecule has 1 saturated heterocycles. The zero-order valence-corrected chi connectivity index (χ0v) is 19.4. The molecule has 2 heterocycles. The van der Waals surface area contributed by atoms with Crippen molar-refractivity contribution >= 4 is 16.8 Å². The second-order valence-corrected chi connectivity index (χ2v) is 10.0. The van der Waals surface area contributed by atoms with Crippen LogP contribution in [0.1, 0.15) is 44.1 Å². The highest BCUT2D eigenvalue weighted by Crippen LogP contribution is 2.33. The molecular formula is C26H38N4O2. The van der Waals surface area contributed by atoms with E-state index in [1.54, 1.807) is 7.11 Å². The number of aromatic nitrogens is 1. The Balaban J connectivity index is 1.29. The van der Waals surface area contributed by atoms with Crippen LogP contribution in [0.25, 0.3) is 10.9 Å². The molecule has 1 aromatic heterocycles. The average molecular weight is 439 g/mol. The smallest absolute Gasteiger partial charge is 0.227 e. The van der Waals surface area contributed by atoms with E-state index in [4.69, 9.17) is 4.74 Å². The first-order valence-corrected chi connectivity index (χ1v) is 12.5. The molecule has 1 aromatic carbocycles. The normalized spacial score (nSPS) is 23.5. The molecule has 3 fully saturated rings. The second-order valence-electron chi connectivity index (χ2n) is 10.0. The predicted octanol–water partition coefficient (Wildman–Crippen LogP) is 3.15. The third-order valence-corrected chi connectivity index (χ3v) is 7.32. The van der Waals surface area contributed by atoms with Gasteiger partial charge in [-0.3, -0.25) is 4.79 Å². The highest BCUT2D eigenvalue weighted by molar-refractivity contribution is 5.85. The van der Waals surface area contributed by atoms with Crippen molar-refractivity contribution in [3.05, 3.63) is 36.0 Å². The summed E-state index contributed by atoms with van der Waals surface area (Å²) in [7, 11) is 1.75. The molecule has 2 aromatic rings. The molecule has 0 bridgehead atoms. The largest absolute Gasteiger partial charge is 0.385 e. The van der Waals surface area contributed by atoms with Crippen LogP contribution in [-0.4, -0.2) is 60.8 Å². The van der Waals surface area contributed by atoms with Gasteiger partial charge in [-0.1, -0.05) is 18.2 Å². The number of rotatable bonds is 11. The molecular weight excluding hydrogens is 400 g/mol. The minimum Gasteiger partial charge on any atom is -0.385 e. The van der Waals surface area contributed by atoms with Crippen molar-refractivity contribution in [1.29, 1.82) is 0 Å². The van der Waals surface area contributed by atoms with Crippen LogP contribution < -0.4 is 10.6 Å². The van der Waals surface area contributed by atoms with Crippen LogP contribution in [0, 0.1) is 11.8 Å². The molecule has 3 aliphatic rings. The van der Waals surface area contributed by atoms with Gasteiger partial charge in [0.1, 0.15) is 0 Å². The molecule has 6 nitrogen and oxygen atoms in total. The van der Waals surface area contributed by atoms with Gasteiger partial charge >= 0.3 is 0 Å². The number of benzene rings is 1. The monoisotopic (exact) mass is 438 g/mol. The zero-order valence-electron chi connectivity index (χ0n) is 19.4. The van der Waals surface area contributed by atoms with Crippen molar-refractivity contribution < 1.29 is 9.53 Å². The standard InChI is InChI=1S/C26H38N4O2/c1-32-12-4-11-29-17-21(24-5-2-3-6-25(24)29)18-30(23-9-10-23)26(31)20-13-22(16-27-15-20)28-14-19-7-8-19/h2-3,5-6,17,19-20,22-23,27-28H,4,7-16,18H2,1H3/t20-,22+/m1/s1. The summed E-state index contributed by atoms with van der Waals surface area (Å²) in [5.74, 6) is 1.29. The maximum atomic E-state index is 13.7. The third-order valence-electron chi connectivity index (χ3n) is 7.32. The van der Waals surface area contributed by atoms with E-state index in [0.29, 0.717) is 18.0 Å². The SMILES string of the molecule is COCCCn1cc(CN(C(=O)[C@H]2CNC[C@@H](NCC3CC3)C2)C2CC2)c2ccccc21. The van der Waals surface area contributed by atoms with Crippen LogP contribution in [0.4, 0.5) is 0 Å². The molecule has 2 saturated carbocycles. The lowest BCUT2D eigenvalue weighted by molar-refractivity contribution is -0.137. The van der Waals surface area contributed by atoms with E-state index in [2.05, 4.69) is 50.6 Å². The number of piperidine rings is 1. The molecule has 5 rings (SSSR count). The Hall–Kier alpha value is -1.89. The lowest BCUT2D eigenvalue weighted by Gasteiger charge is -2.34. The van der Waals surface area contributed by atoms with E-state index in [0.717, 1.165) is 70.9 Å². The predicted molar refractivity (Wildman–Crippen MR) is 127 cm³/mol. The molecule has 0 radical (unpaired) electrons. The fraction of sp³-hybridized carbons (Fsp3) is 0.654. The summed E-state index contributed by atoms with van der Waals surface area (Å²) in [6.07, 6.45) is 9.23. The van der Waals surface area contributed by atoms with Crippen LogP contribution in [0.15, 0.2) is 30.5 Å².